The van der Waals surface area contributed by atoms with Crippen molar-refractivity contribution in [2.75, 3.05) is 0 Å². The largest absolute Gasteiger partial charge is 0.508 e. The van der Waals surface area contributed by atoms with E-state index < -0.39 is 0 Å². The number of unbranched alkanes of at least 4 members (excludes halogenated alkanes) is 20. The van der Waals surface area contributed by atoms with Gasteiger partial charge < -0.3 is 10.2 Å². The molecule has 0 bridgehead atoms. The highest BCUT2D eigenvalue weighted by Crippen LogP contribution is 2.43. The van der Waals surface area contributed by atoms with E-state index in [9.17, 15) is 10.2 Å². The van der Waals surface area contributed by atoms with E-state index in [4.69, 9.17) is 0 Å². The van der Waals surface area contributed by atoms with E-state index >= 15 is 0 Å². The molecule has 0 heterocycles. The van der Waals surface area contributed by atoms with E-state index in [1.807, 2.05) is 24.3 Å². The Hall–Kier alpha value is -1.96. The minimum Gasteiger partial charge on any atom is -0.508 e. The summed E-state index contributed by atoms with van der Waals surface area (Å²) in [6.07, 6.45) is 32.1. The van der Waals surface area contributed by atoms with Crippen LogP contribution in [0.25, 0.3) is 0 Å². The lowest BCUT2D eigenvalue weighted by atomic mass is 9.68. The number of phenolic OH excluding ortho intramolecular Hbond substituents is 2. The van der Waals surface area contributed by atoms with Gasteiger partial charge in [-0.1, -0.05) is 179 Å². The third-order valence-electron chi connectivity index (χ3n) is 9.25. The third kappa shape index (κ3) is 14.7. The van der Waals surface area contributed by atoms with Crippen molar-refractivity contribution in [3.8, 4) is 11.5 Å². The molecule has 0 saturated heterocycles. The summed E-state index contributed by atoms with van der Waals surface area (Å²) in [4.78, 5) is 0. The highest BCUT2D eigenvalue weighted by atomic mass is 16.3. The first-order chi connectivity index (χ1) is 20.1. The van der Waals surface area contributed by atoms with Crippen molar-refractivity contribution in [2.45, 2.75) is 173 Å². The van der Waals surface area contributed by atoms with Gasteiger partial charge in [0.1, 0.15) is 11.5 Å². The smallest absolute Gasteiger partial charge is 0.115 e. The SMILES string of the molecule is CCCCCCCCCCCCCC(CCCCCCCCCCCCC)(c1ccc(O)cc1)c1ccc(O)cc1. The van der Waals surface area contributed by atoms with Crippen LogP contribution in [-0.2, 0) is 5.41 Å². The third-order valence-corrected chi connectivity index (χ3v) is 9.25. The second kappa shape index (κ2) is 22.6. The molecule has 2 rings (SSSR count). The molecule has 0 fully saturated rings. The zero-order valence-electron chi connectivity index (χ0n) is 27.0. The fourth-order valence-electron chi connectivity index (χ4n) is 6.61. The van der Waals surface area contributed by atoms with E-state index in [0.29, 0.717) is 11.5 Å². The Kier molecular flexibility index (Phi) is 19.4. The zero-order chi connectivity index (χ0) is 29.4. The minimum absolute atomic E-state index is 0.0695. The summed E-state index contributed by atoms with van der Waals surface area (Å²) < 4.78 is 0. The molecule has 0 amide bonds. The molecule has 2 heteroatoms. The molecule has 2 N–H and O–H groups in total. The highest BCUT2D eigenvalue weighted by Gasteiger charge is 2.33. The molecule has 2 aromatic carbocycles. The van der Waals surface area contributed by atoms with Gasteiger partial charge in [-0.05, 0) is 48.2 Å². The van der Waals surface area contributed by atoms with Crippen LogP contribution in [0.4, 0.5) is 0 Å². The van der Waals surface area contributed by atoms with Crippen LogP contribution in [-0.4, -0.2) is 10.2 Å². The zero-order valence-corrected chi connectivity index (χ0v) is 27.0. The molecule has 0 aromatic heterocycles. The average Bonchev–Trinajstić information content (AvgIpc) is 2.98. The van der Waals surface area contributed by atoms with Gasteiger partial charge in [0.15, 0.2) is 0 Å². The maximum atomic E-state index is 10.1. The predicted molar refractivity (Wildman–Crippen MR) is 179 cm³/mol. The maximum absolute atomic E-state index is 10.1. The van der Waals surface area contributed by atoms with Gasteiger partial charge in [0.25, 0.3) is 0 Å². The Bertz CT molecular complexity index is 781. The molecule has 2 aromatic rings. The summed E-state index contributed by atoms with van der Waals surface area (Å²) >= 11 is 0. The van der Waals surface area contributed by atoms with E-state index in [-0.39, 0.29) is 5.41 Å². The summed E-state index contributed by atoms with van der Waals surface area (Å²) in [7, 11) is 0. The van der Waals surface area contributed by atoms with Gasteiger partial charge >= 0.3 is 0 Å². The lowest BCUT2D eigenvalue weighted by Gasteiger charge is -2.36. The van der Waals surface area contributed by atoms with Crippen LogP contribution in [0.2, 0.25) is 0 Å². The lowest BCUT2D eigenvalue weighted by molar-refractivity contribution is 0.388. The van der Waals surface area contributed by atoms with Gasteiger partial charge in [-0.15, -0.1) is 0 Å². The number of hydrogen-bond acceptors (Lipinski definition) is 2. The Morgan fingerprint density at radius 2 is 0.610 bits per heavy atom. The Morgan fingerprint density at radius 1 is 0.366 bits per heavy atom. The molecule has 0 spiro atoms. The molecule has 232 valence electrons. The van der Waals surface area contributed by atoms with Crippen molar-refractivity contribution >= 4 is 0 Å². The first-order valence-corrected chi connectivity index (χ1v) is 17.7. The summed E-state index contributed by atoms with van der Waals surface area (Å²) in [5.74, 6) is 0.662. The topological polar surface area (TPSA) is 40.5 Å². The number of hydrogen-bond donors (Lipinski definition) is 2. The van der Waals surface area contributed by atoms with Gasteiger partial charge in [-0.25, -0.2) is 0 Å². The van der Waals surface area contributed by atoms with Crippen molar-refractivity contribution in [3.63, 3.8) is 0 Å². The van der Waals surface area contributed by atoms with Crippen LogP contribution in [0.1, 0.15) is 179 Å². The van der Waals surface area contributed by atoms with Gasteiger partial charge in [0, 0.05) is 5.41 Å². The number of rotatable bonds is 26. The predicted octanol–water partition coefficient (Wildman–Crippen LogP) is 12.8. The summed E-state index contributed by atoms with van der Waals surface area (Å²) in [5, 5.41) is 20.1. The van der Waals surface area contributed by atoms with E-state index in [1.54, 1.807) is 0 Å². The molecule has 0 aliphatic heterocycles. The molecule has 0 saturated carbocycles. The normalized spacial score (nSPS) is 11.8. The fourth-order valence-corrected chi connectivity index (χ4v) is 6.61. The van der Waals surface area contributed by atoms with E-state index in [2.05, 4.69) is 38.1 Å². The second-order valence-corrected chi connectivity index (χ2v) is 12.7. The van der Waals surface area contributed by atoms with Crippen LogP contribution in [0.5, 0.6) is 11.5 Å². The van der Waals surface area contributed by atoms with Crippen LogP contribution in [0.3, 0.4) is 0 Å². The van der Waals surface area contributed by atoms with Crippen molar-refractivity contribution in [1.82, 2.24) is 0 Å². The molecule has 2 nitrogen and oxygen atoms in total. The monoisotopic (exact) mass is 564 g/mol. The molecule has 0 aliphatic rings. The van der Waals surface area contributed by atoms with Crippen LogP contribution in [0.15, 0.2) is 48.5 Å². The molecule has 41 heavy (non-hydrogen) atoms. The fraction of sp³-hybridized carbons (Fsp3) is 0.692. The maximum Gasteiger partial charge on any atom is 0.115 e. The summed E-state index contributed by atoms with van der Waals surface area (Å²) in [5.41, 5.74) is 2.54. The first-order valence-electron chi connectivity index (χ1n) is 17.7. The molecule has 0 unspecified atom stereocenters. The van der Waals surface area contributed by atoms with Gasteiger partial charge in [-0.2, -0.15) is 0 Å². The van der Waals surface area contributed by atoms with E-state index in [1.165, 1.54) is 152 Å². The Labute approximate surface area is 254 Å². The van der Waals surface area contributed by atoms with Gasteiger partial charge in [0.2, 0.25) is 0 Å². The van der Waals surface area contributed by atoms with Crippen LogP contribution < -0.4 is 0 Å². The summed E-state index contributed by atoms with van der Waals surface area (Å²) in [6, 6.07) is 16.0. The average molecular weight is 565 g/mol. The van der Waals surface area contributed by atoms with Crippen LogP contribution in [0, 0.1) is 0 Å². The highest BCUT2D eigenvalue weighted by molar-refractivity contribution is 5.43. The summed E-state index contributed by atoms with van der Waals surface area (Å²) in [6.45, 7) is 4.58. The number of aromatic hydroxyl groups is 2. The minimum atomic E-state index is -0.0695. The number of phenols is 2. The number of benzene rings is 2. The van der Waals surface area contributed by atoms with Crippen LogP contribution >= 0.6 is 0 Å². The molecular weight excluding hydrogens is 500 g/mol. The van der Waals surface area contributed by atoms with Crippen molar-refractivity contribution in [3.05, 3.63) is 59.7 Å². The molecular formula is C39H64O2. The Balaban J connectivity index is 1.92. The second-order valence-electron chi connectivity index (χ2n) is 12.7. The lowest BCUT2D eigenvalue weighted by Crippen LogP contribution is -2.28. The molecule has 0 atom stereocenters. The quantitative estimate of drug-likeness (QED) is 0.112. The van der Waals surface area contributed by atoms with Crippen molar-refractivity contribution < 1.29 is 10.2 Å². The van der Waals surface area contributed by atoms with Gasteiger partial charge in [-0.3, -0.25) is 0 Å². The standard InChI is InChI=1S/C39H64O2/c1-3-5-7-9-11-13-15-17-19-21-23-33-39(35-25-29-37(40)30-26-35,36-27-31-38(41)32-28-36)34-24-22-20-18-16-14-12-10-8-6-4-2/h25-32,40-41H,3-24,33-34H2,1-2H3. The molecule has 0 aliphatic carbocycles. The van der Waals surface area contributed by atoms with Crippen molar-refractivity contribution in [2.24, 2.45) is 0 Å². The van der Waals surface area contributed by atoms with Crippen molar-refractivity contribution in [1.29, 1.82) is 0 Å². The Morgan fingerprint density at radius 3 is 0.878 bits per heavy atom. The molecule has 0 radical (unpaired) electrons. The van der Waals surface area contributed by atoms with Gasteiger partial charge in [0.05, 0.1) is 0 Å². The van der Waals surface area contributed by atoms with E-state index in [0.717, 1.165) is 12.8 Å². The first kappa shape index (κ1) is 35.2.